The molecule has 0 saturated carbocycles. The summed E-state index contributed by atoms with van der Waals surface area (Å²) in [4.78, 5) is 4.00. The molecule has 0 N–H and O–H groups in total. The number of rotatable bonds is 3. The molecule has 0 unspecified atom stereocenters. The SMILES string of the molecule is COc1ccc(OC)c(-n2ccnc2)c1. The van der Waals surface area contributed by atoms with Crippen molar-refractivity contribution in [2.45, 2.75) is 0 Å². The molecule has 78 valence electrons. The van der Waals surface area contributed by atoms with Crippen molar-refractivity contribution < 1.29 is 9.47 Å². The number of aromatic nitrogens is 2. The van der Waals surface area contributed by atoms with Gasteiger partial charge in [-0.3, -0.25) is 0 Å². The molecule has 1 aromatic carbocycles. The molecule has 0 aliphatic rings. The average Bonchev–Trinajstić information content (AvgIpc) is 2.81. The van der Waals surface area contributed by atoms with Gasteiger partial charge in [-0.2, -0.15) is 0 Å². The van der Waals surface area contributed by atoms with E-state index in [0.29, 0.717) is 0 Å². The molecule has 0 saturated heterocycles. The molecular weight excluding hydrogens is 192 g/mol. The molecule has 0 bridgehead atoms. The first-order valence-electron chi connectivity index (χ1n) is 4.55. The van der Waals surface area contributed by atoms with Crippen LogP contribution in [0.5, 0.6) is 11.5 Å². The van der Waals surface area contributed by atoms with E-state index in [9.17, 15) is 0 Å². The predicted octanol–water partition coefficient (Wildman–Crippen LogP) is 1.89. The van der Waals surface area contributed by atoms with Crippen molar-refractivity contribution in [1.82, 2.24) is 9.55 Å². The van der Waals surface area contributed by atoms with Gasteiger partial charge in [0.15, 0.2) is 0 Å². The summed E-state index contributed by atoms with van der Waals surface area (Å²) in [7, 11) is 3.28. The van der Waals surface area contributed by atoms with Gasteiger partial charge >= 0.3 is 0 Å². The second kappa shape index (κ2) is 4.04. The first-order chi connectivity index (χ1) is 7.35. The normalized spacial score (nSPS) is 10.0. The van der Waals surface area contributed by atoms with Crippen LogP contribution in [0.15, 0.2) is 36.9 Å². The molecule has 0 fully saturated rings. The lowest BCUT2D eigenvalue weighted by atomic mass is 10.2. The van der Waals surface area contributed by atoms with Crippen molar-refractivity contribution in [1.29, 1.82) is 0 Å². The van der Waals surface area contributed by atoms with Crippen LogP contribution in [0, 0.1) is 0 Å². The van der Waals surface area contributed by atoms with E-state index in [0.717, 1.165) is 17.2 Å². The van der Waals surface area contributed by atoms with Gasteiger partial charge in [0.2, 0.25) is 0 Å². The highest BCUT2D eigenvalue weighted by molar-refractivity contribution is 5.51. The fourth-order valence-electron chi connectivity index (χ4n) is 1.40. The van der Waals surface area contributed by atoms with E-state index in [1.54, 1.807) is 26.7 Å². The van der Waals surface area contributed by atoms with Gasteiger partial charge in [-0.25, -0.2) is 4.98 Å². The van der Waals surface area contributed by atoms with Crippen molar-refractivity contribution >= 4 is 0 Å². The van der Waals surface area contributed by atoms with Gasteiger partial charge in [0, 0.05) is 18.5 Å². The molecule has 1 aromatic heterocycles. The summed E-state index contributed by atoms with van der Waals surface area (Å²) in [5.41, 5.74) is 0.911. The summed E-state index contributed by atoms with van der Waals surface area (Å²) >= 11 is 0. The molecule has 0 spiro atoms. The van der Waals surface area contributed by atoms with Crippen LogP contribution in [-0.4, -0.2) is 23.8 Å². The van der Waals surface area contributed by atoms with Crippen molar-refractivity contribution in [3.63, 3.8) is 0 Å². The highest BCUT2D eigenvalue weighted by atomic mass is 16.5. The quantitative estimate of drug-likeness (QED) is 0.766. The van der Waals surface area contributed by atoms with E-state index in [-0.39, 0.29) is 0 Å². The Balaban J connectivity index is 2.52. The Morgan fingerprint density at radius 1 is 1.20 bits per heavy atom. The monoisotopic (exact) mass is 204 g/mol. The van der Waals surface area contributed by atoms with E-state index >= 15 is 0 Å². The standard InChI is InChI=1S/C11H12N2O2/c1-14-9-3-4-11(15-2)10(7-9)13-6-5-12-8-13/h3-8H,1-2H3. The van der Waals surface area contributed by atoms with Crippen molar-refractivity contribution in [3.8, 4) is 17.2 Å². The molecule has 1 heterocycles. The first-order valence-corrected chi connectivity index (χ1v) is 4.55. The van der Waals surface area contributed by atoms with Gasteiger partial charge < -0.3 is 14.0 Å². The minimum absolute atomic E-state index is 0.786. The van der Waals surface area contributed by atoms with E-state index in [1.165, 1.54) is 0 Å². The molecule has 2 aromatic rings. The lowest BCUT2D eigenvalue weighted by Crippen LogP contribution is -1.96. The van der Waals surface area contributed by atoms with Crippen LogP contribution in [0.3, 0.4) is 0 Å². The van der Waals surface area contributed by atoms with Gasteiger partial charge in [0.1, 0.15) is 11.5 Å². The van der Waals surface area contributed by atoms with Crippen LogP contribution >= 0.6 is 0 Å². The number of nitrogens with zero attached hydrogens (tertiary/aromatic N) is 2. The van der Waals surface area contributed by atoms with Crippen molar-refractivity contribution in [2.75, 3.05) is 14.2 Å². The van der Waals surface area contributed by atoms with Gasteiger partial charge in [-0.1, -0.05) is 0 Å². The van der Waals surface area contributed by atoms with Crippen LogP contribution in [0.2, 0.25) is 0 Å². The maximum Gasteiger partial charge on any atom is 0.143 e. The second-order valence-corrected chi connectivity index (χ2v) is 3.01. The highest BCUT2D eigenvalue weighted by Crippen LogP contribution is 2.26. The zero-order valence-corrected chi connectivity index (χ0v) is 8.68. The molecule has 0 amide bonds. The van der Waals surface area contributed by atoms with Crippen molar-refractivity contribution in [3.05, 3.63) is 36.9 Å². The van der Waals surface area contributed by atoms with Gasteiger partial charge in [-0.05, 0) is 12.1 Å². The maximum atomic E-state index is 5.26. The molecule has 0 aliphatic carbocycles. The number of ether oxygens (including phenoxy) is 2. The third-order valence-electron chi connectivity index (χ3n) is 2.17. The fourth-order valence-corrected chi connectivity index (χ4v) is 1.40. The first kappa shape index (κ1) is 9.58. The Bertz CT molecular complexity index is 438. The molecule has 0 aliphatic heterocycles. The van der Waals surface area contributed by atoms with Crippen LogP contribution in [0.4, 0.5) is 0 Å². The Hall–Kier alpha value is -1.97. The van der Waals surface area contributed by atoms with E-state index < -0.39 is 0 Å². The zero-order chi connectivity index (χ0) is 10.7. The van der Waals surface area contributed by atoms with Crippen molar-refractivity contribution in [2.24, 2.45) is 0 Å². The summed E-state index contributed by atoms with van der Waals surface area (Å²) in [6.07, 6.45) is 5.30. The van der Waals surface area contributed by atoms with Crippen LogP contribution in [0.1, 0.15) is 0 Å². The molecular formula is C11H12N2O2. The maximum absolute atomic E-state index is 5.26. The number of methoxy groups -OCH3 is 2. The zero-order valence-electron chi connectivity index (χ0n) is 8.68. The molecule has 4 nitrogen and oxygen atoms in total. The Kier molecular flexibility index (Phi) is 2.58. The summed E-state index contributed by atoms with van der Waals surface area (Å²) in [6, 6.07) is 5.63. The smallest absolute Gasteiger partial charge is 0.143 e. The van der Waals surface area contributed by atoms with E-state index in [1.807, 2.05) is 29.0 Å². The van der Waals surface area contributed by atoms with Gasteiger partial charge in [0.05, 0.1) is 26.2 Å². The summed E-state index contributed by atoms with van der Waals surface area (Å²) in [5, 5.41) is 0. The molecule has 15 heavy (non-hydrogen) atoms. The Morgan fingerprint density at radius 3 is 2.67 bits per heavy atom. The number of hydrogen-bond acceptors (Lipinski definition) is 3. The molecule has 0 radical (unpaired) electrons. The Labute approximate surface area is 88.1 Å². The van der Waals surface area contributed by atoms with Crippen LogP contribution in [0.25, 0.3) is 5.69 Å². The largest absolute Gasteiger partial charge is 0.497 e. The van der Waals surface area contributed by atoms with Crippen LogP contribution < -0.4 is 9.47 Å². The summed E-state index contributed by atoms with van der Waals surface area (Å²) in [5.74, 6) is 1.58. The lowest BCUT2D eigenvalue weighted by Gasteiger charge is -2.10. The van der Waals surface area contributed by atoms with E-state index in [4.69, 9.17) is 9.47 Å². The lowest BCUT2D eigenvalue weighted by molar-refractivity contribution is 0.401. The summed E-state index contributed by atoms with van der Waals surface area (Å²) in [6.45, 7) is 0. The van der Waals surface area contributed by atoms with Crippen LogP contribution in [-0.2, 0) is 0 Å². The number of imidazole rings is 1. The average molecular weight is 204 g/mol. The minimum atomic E-state index is 0.786. The summed E-state index contributed by atoms with van der Waals surface area (Å²) < 4.78 is 12.3. The van der Waals surface area contributed by atoms with E-state index in [2.05, 4.69) is 4.98 Å². The molecule has 4 heteroatoms. The Morgan fingerprint density at radius 2 is 2.07 bits per heavy atom. The number of benzene rings is 1. The highest BCUT2D eigenvalue weighted by Gasteiger charge is 2.05. The third-order valence-corrected chi connectivity index (χ3v) is 2.17. The second-order valence-electron chi connectivity index (χ2n) is 3.01. The topological polar surface area (TPSA) is 36.3 Å². The fraction of sp³-hybridized carbons (Fsp3) is 0.182. The minimum Gasteiger partial charge on any atom is -0.497 e. The van der Waals surface area contributed by atoms with Gasteiger partial charge in [-0.15, -0.1) is 0 Å². The number of hydrogen-bond donors (Lipinski definition) is 0. The molecule has 2 rings (SSSR count). The molecule has 0 atom stereocenters. The predicted molar refractivity (Wildman–Crippen MR) is 56.7 cm³/mol. The van der Waals surface area contributed by atoms with Gasteiger partial charge in [0.25, 0.3) is 0 Å². The third kappa shape index (κ3) is 1.79.